The summed E-state index contributed by atoms with van der Waals surface area (Å²) in [5.74, 6) is 0.191. The van der Waals surface area contributed by atoms with Crippen LogP contribution in [0, 0.1) is 0 Å². The Bertz CT molecular complexity index is 659. The van der Waals surface area contributed by atoms with E-state index in [0.717, 1.165) is 4.90 Å². The Morgan fingerprint density at radius 1 is 0.900 bits per heavy atom. The Kier molecular flexibility index (Phi) is 4.22. The molecule has 0 fully saturated rings. The first kappa shape index (κ1) is 13.5. The van der Waals surface area contributed by atoms with E-state index in [1.807, 2.05) is 0 Å². The number of hydrogen-bond donors (Lipinski definition) is 0. The summed E-state index contributed by atoms with van der Waals surface area (Å²) in [6, 6.07) is 16.8. The summed E-state index contributed by atoms with van der Waals surface area (Å²) in [5, 5.41) is 0. The molecule has 0 radical (unpaired) electrons. The van der Waals surface area contributed by atoms with Crippen LogP contribution in [0.3, 0.4) is 0 Å². The van der Waals surface area contributed by atoms with Crippen molar-refractivity contribution in [2.24, 2.45) is 0 Å². The third kappa shape index (κ3) is 2.88. The summed E-state index contributed by atoms with van der Waals surface area (Å²) >= 11 is 0. The van der Waals surface area contributed by atoms with Crippen molar-refractivity contribution in [2.45, 2.75) is 0 Å². The van der Waals surface area contributed by atoms with Crippen LogP contribution in [0.2, 0.25) is 0 Å². The van der Waals surface area contributed by atoms with Crippen LogP contribution in [0.5, 0.6) is 0 Å². The van der Waals surface area contributed by atoms with Gasteiger partial charge in [0.15, 0.2) is 0 Å². The molecular weight excluding hydrogens is 254 g/mol. The summed E-state index contributed by atoms with van der Waals surface area (Å²) in [4.78, 5) is 35.7. The Labute approximate surface area is 116 Å². The maximum Gasteiger partial charge on any atom is 0.269 e. The molecule has 0 aliphatic carbocycles. The highest BCUT2D eigenvalue weighted by atomic mass is 16.2. The first-order valence-electron chi connectivity index (χ1n) is 5.93. The molecule has 20 heavy (non-hydrogen) atoms. The van der Waals surface area contributed by atoms with Crippen LogP contribution in [-0.4, -0.2) is 17.8 Å². The average molecular weight is 265 g/mol. The third-order valence-corrected chi connectivity index (χ3v) is 2.64. The molecule has 2 aromatic carbocycles. The van der Waals surface area contributed by atoms with Gasteiger partial charge in [-0.15, -0.1) is 0 Å². The number of amides is 2. The summed E-state index contributed by atoms with van der Waals surface area (Å²) in [6.45, 7) is 0. The van der Waals surface area contributed by atoms with E-state index in [1.54, 1.807) is 60.7 Å². The topological polar surface area (TPSA) is 54.5 Å². The maximum atomic E-state index is 12.4. The SMILES string of the molecule is O=C=CC(=O)N(C(=O)c1ccccc1)c1ccccc1. The zero-order chi connectivity index (χ0) is 14.4. The highest BCUT2D eigenvalue weighted by molar-refractivity contribution is 6.25. The zero-order valence-corrected chi connectivity index (χ0v) is 10.5. The van der Waals surface area contributed by atoms with Crippen molar-refractivity contribution < 1.29 is 14.4 Å². The van der Waals surface area contributed by atoms with Crippen LogP contribution >= 0.6 is 0 Å². The molecule has 2 rings (SSSR count). The standard InChI is InChI=1S/C16H11NO3/c18-12-11-15(19)17(14-9-5-2-6-10-14)16(20)13-7-3-1-4-8-13/h1-11H. The molecule has 2 amide bonds. The predicted octanol–water partition coefficient (Wildman–Crippen LogP) is 2.25. The number of benzene rings is 2. The van der Waals surface area contributed by atoms with Gasteiger partial charge in [0.2, 0.25) is 0 Å². The fraction of sp³-hybridized carbons (Fsp3) is 0. The lowest BCUT2D eigenvalue weighted by Gasteiger charge is -2.18. The monoisotopic (exact) mass is 265 g/mol. The van der Waals surface area contributed by atoms with Gasteiger partial charge >= 0.3 is 0 Å². The normalized spacial score (nSPS) is 9.40. The highest BCUT2D eigenvalue weighted by Crippen LogP contribution is 2.17. The molecule has 0 saturated carbocycles. The first-order chi connectivity index (χ1) is 9.74. The van der Waals surface area contributed by atoms with Gasteiger partial charge in [0.05, 0.1) is 11.8 Å². The van der Waals surface area contributed by atoms with Crippen LogP contribution in [0.1, 0.15) is 10.4 Å². The summed E-state index contributed by atoms with van der Waals surface area (Å²) < 4.78 is 0. The van der Waals surface area contributed by atoms with E-state index >= 15 is 0 Å². The van der Waals surface area contributed by atoms with E-state index in [-0.39, 0.29) is 0 Å². The average Bonchev–Trinajstić information content (AvgIpc) is 2.50. The number of nitrogens with zero attached hydrogens (tertiary/aromatic N) is 1. The number of carbonyl (C=O) groups is 2. The van der Waals surface area contributed by atoms with E-state index in [0.29, 0.717) is 17.3 Å². The van der Waals surface area contributed by atoms with Gasteiger partial charge in [-0.05, 0) is 24.3 Å². The zero-order valence-electron chi connectivity index (χ0n) is 10.5. The van der Waals surface area contributed by atoms with Gasteiger partial charge in [0.1, 0.15) is 5.94 Å². The van der Waals surface area contributed by atoms with Gasteiger partial charge in [-0.2, -0.15) is 0 Å². The molecule has 0 atom stereocenters. The minimum atomic E-state index is -0.722. The van der Waals surface area contributed by atoms with E-state index in [9.17, 15) is 14.4 Å². The van der Waals surface area contributed by atoms with Gasteiger partial charge in [-0.25, -0.2) is 9.69 Å². The van der Waals surface area contributed by atoms with Crippen LogP contribution in [0.25, 0.3) is 0 Å². The van der Waals surface area contributed by atoms with Crippen LogP contribution in [0.4, 0.5) is 5.69 Å². The molecule has 0 heterocycles. The van der Waals surface area contributed by atoms with E-state index < -0.39 is 11.8 Å². The van der Waals surface area contributed by atoms with E-state index in [1.165, 1.54) is 5.94 Å². The largest absolute Gasteiger partial charge is 0.269 e. The Morgan fingerprint density at radius 3 is 2.00 bits per heavy atom. The Balaban J connectivity index is 2.45. The second kappa shape index (κ2) is 6.27. The second-order valence-electron chi connectivity index (χ2n) is 3.94. The summed E-state index contributed by atoms with van der Waals surface area (Å²) in [6.07, 6.45) is 0.702. The van der Waals surface area contributed by atoms with Gasteiger partial charge < -0.3 is 0 Å². The van der Waals surface area contributed by atoms with Crippen molar-refractivity contribution in [1.29, 1.82) is 0 Å². The lowest BCUT2D eigenvalue weighted by molar-refractivity contribution is -0.113. The second-order valence-corrected chi connectivity index (χ2v) is 3.94. The number of imide groups is 1. The lowest BCUT2D eigenvalue weighted by Crippen LogP contribution is -2.35. The molecule has 0 aromatic heterocycles. The molecule has 4 heteroatoms. The lowest BCUT2D eigenvalue weighted by atomic mass is 10.1. The molecule has 0 aliphatic heterocycles. The number of hydrogen-bond acceptors (Lipinski definition) is 3. The van der Waals surface area contributed by atoms with Gasteiger partial charge in [-0.1, -0.05) is 36.4 Å². The summed E-state index contributed by atoms with van der Waals surface area (Å²) in [7, 11) is 0. The summed E-state index contributed by atoms with van der Waals surface area (Å²) in [5.41, 5.74) is 0.766. The molecule has 0 unspecified atom stereocenters. The van der Waals surface area contributed by atoms with Crippen molar-refractivity contribution in [3.05, 3.63) is 72.3 Å². The number of rotatable bonds is 3. The molecule has 0 spiro atoms. The maximum absolute atomic E-state index is 12.4. The number of para-hydroxylation sites is 1. The fourth-order valence-corrected chi connectivity index (χ4v) is 1.75. The minimum absolute atomic E-state index is 0.365. The first-order valence-corrected chi connectivity index (χ1v) is 5.93. The molecule has 4 nitrogen and oxygen atoms in total. The number of carbonyl (C=O) groups excluding carboxylic acids is 3. The Morgan fingerprint density at radius 2 is 1.45 bits per heavy atom. The van der Waals surface area contributed by atoms with Crippen LogP contribution in [0.15, 0.2) is 66.7 Å². The minimum Gasteiger partial charge on any atom is -0.268 e. The quantitative estimate of drug-likeness (QED) is 0.631. The Hall–Kier alpha value is -2.97. The number of anilines is 1. The molecular formula is C16H11NO3. The van der Waals surface area contributed by atoms with Gasteiger partial charge in [0.25, 0.3) is 11.8 Å². The van der Waals surface area contributed by atoms with Crippen molar-refractivity contribution in [2.75, 3.05) is 4.90 Å². The van der Waals surface area contributed by atoms with Crippen molar-refractivity contribution >= 4 is 23.4 Å². The molecule has 0 bridgehead atoms. The van der Waals surface area contributed by atoms with E-state index in [4.69, 9.17) is 0 Å². The third-order valence-electron chi connectivity index (χ3n) is 2.64. The molecule has 0 aliphatic rings. The van der Waals surface area contributed by atoms with Crippen molar-refractivity contribution in [3.63, 3.8) is 0 Å². The molecule has 2 aromatic rings. The van der Waals surface area contributed by atoms with Crippen LogP contribution in [-0.2, 0) is 9.59 Å². The van der Waals surface area contributed by atoms with E-state index in [2.05, 4.69) is 0 Å². The molecule has 0 saturated heterocycles. The van der Waals surface area contributed by atoms with Crippen molar-refractivity contribution in [1.82, 2.24) is 0 Å². The smallest absolute Gasteiger partial charge is 0.268 e. The van der Waals surface area contributed by atoms with Gasteiger partial charge in [-0.3, -0.25) is 9.59 Å². The van der Waals surface area contributed by atoms with Gasteiger partial charge in [0, 0.05) is 5.56 Å². The molecule has 0 N–H and O–H groups in total. The predicted molar refractivity (Wildman–Crippen MR) is 75.0 cm³/mol. The molecule has 98 valence electrons. The van der Waals surface area contributed by atoms with Crippen LogP contribution < -0.4 is 4.90 Å². The van der Waals surface area contributed by atoms with Crippen molar-refractivity contribution in [3.8, 4) is 0 Å². The highest BCUT2D eigenvalue weighted by Gasteiger charge is 2.22. The fourth-order valence-electron chi connectivity index (χ4n) is 1.75.